The molecular formula is C11H7N5. The van der Waals surface area contributed by atoms with Crippen LogP contribution in [0.5, 0.6) is 0 Å². The Morgan fingerprint density at radius 3 is 3.06 bits per heavy atom. The molecule has 4 aromatic rings. The zero-order chi connectivity index (χ0) is 10.5. The van der Waals surface area contributed by atoms with Crippen molar-refractivity contribution >= 4 is 27.7 Å². The van der Waals surface area contributed by atoms with E-state index in [2.05, 4.69) is 19.9 Å². The van der Waals surface area contributed by atoms with E-state index in [1.165, 1.54) is 0 Å². The summed E-state index contributed by atoms with van der Waals surface area (Å²) < 4.78 is 1.94. The molecule has 0 spiro atoms. The van der Waals surface area contributed by atoms with Crippen LogP contribution in [0, 0.1) is 0 Å². The lowest BCUT2D eigenvalue weighted by Crippen LogP contribution is -1.85. The first-order valence-corrected chi connectivity index (χ1v) is 4.97. The van der Waals surface area contributed by atoms with Gasteiger partial charge in [0.05, 0.1) is 5.52 Å². The van der Waals surface area contributed by atoms with E-state index < -0.39 is 0 Å². The van der Waals surface area contributed by atoms with Crippen LogP contribution in [0.25, 0.3) is 27.7 Å². The van der Waals surface area contributed by atoms with Gasteiger partial charge in [-0.2, -0.15) is 0 Å². The molecule has 0 saturated carbocycles. The van der Waals surface area contributed by atoms with Crippen LogP contribution in [0.2, 0.25) is 0 Å². The van der Waals surface area contributed by atoms with Crippen molar-refractivity contribution in [2.45, 2.75) is 0 Å². The van der Waals surface area contributed by atoms with E-state index >= 15 is 0 Å². The normalized spacial score (nSPS) is 11.8. The molecule has 5 heteroatoms. The summed E-state index contributed by atoms with van der Waals surface area (Å²) in [5, 5.41) is 1.04. The van der Waals surface area contributed by atoms with Gasteiger partial charge in [0.25, 0.3) is 0 Å². The molecule has 4 heterocycles. The highest BCUT2D eigenvalue weighted by Crippen LogP contribution is 2.24. The first-order valence-electron chi connectivity index (χ1n) is 4.97. The smallest absolute Gasteiger partial charge is 0.144 e. The second kappa shape index (κ2) is 2.57. The summed E-state index contributed by atoms with van der Waals surface area (Å²) in [6.07, 6.45) is 7.09. The van der Waals surface area contributed by atoms with Crippen molar-refractivity contribution in [1.29, 1.82) is 0 Å². The standard InChI is InChI=1S/C11H7N5/c1-3-12-5-7-8(1)14-11-10(7)15-9-2-4-13-6-16(9)11/h1-6,14H. The largest absolute Gasteiger partial charge is 0.339 e. The molecule has 0 atom stereocenters. The Kier molecular flexibility index (Phi) is 1.26. The third-order valence-electron chi connectivity index (χ3n) is 2.76. The summed E-state index contributed by atoms with van der Waals surface area (Å²) in [5.41, 5.74) is 3.84. The second-order valence-electron chi connectivity index (χ2n) is 3.66. The van der Waals surface area contributed by atoms with Gasteiger partial charge in [-0.3, -0.25) is 9.38 Å². The molecule has 0 fully saturated rings. The molecule has 0 bridgehead atoms. The molecule has 0 saturated heterocycles. The number of imidazole rings is 1. The number of aromatic nitrogens is 5. The van der Waals surface area contributed by atoms with Crippen molar-refractivity contribution in [2.24, 2.45) is 0 Å². The van der Waals surface area contributed by atoms with Crippen LogP contribution in [-0.4, -0.2) is 24.3 Å². The van der Waals surface area contributed by atoms with Gasteiger partial charge in [0.2, 0.25) is 0 Å². The molecule has 16 heavy (non-hydrogen) atoms. The van der Waals surface area contributed by atoms with Crippen LogP contribution in [-0.2, 0) is 0 Å². The van der Waals surface area contributed by atoms with Crippen molar-refractivity contribution in [3.05, 3.63) is 37.1 Å². The Bertz CT molecular complexity index is 741. The van der Waals surface area contributed by atoms with Crippen molar-refractivity contribution in [2.75, 3.05) is 0 Å². The Hall–Kier alpha value is -2.43. The van der Waals surface area contributed by atoms with Gasteiger partial charge in [-0.05, 0) is 12.1 Å². The van der Waals surface area contributed by atoms with Gasteiger partial charge in [0.1, 0.15) is 23.1 Å². The number of fused-ring (bicyclic) bond motifs is 5. The van der Waals surface area contributed by atoms with Crippen LogP contribution >= 0.6 is 0 Å². The number of hydrogen-bond donors (Lipinski definition) is 1. The summed E-state index contributed by atoms with van der Waals surface area (Å²) in [7, 11) is 0. The molecule has 4 rings (SSSR count). The number of nitrogens with zero attached hydrogens (tertiary/aromatic N) is 4. The van der Waals surface area contributed by atoms with Crippen molar-refractivity contribution < 1.29 is 0 Å². The maximum absolute atomic E-state index is 4.56. The number of H-pyrrole nitrogens is 1. The number of rotatable bonds is 0. The van der Waals surface area contributed by atoms with E-state index in [9.17, 15) is 0 Å². The summed E-state index contributed by atoms with van der Waals surface area (Å²) in [4.78, 5) is 16.1. The minimum absolute atomic E-state index is 0.891. The predicted octanol–water partition coefficient (Wildman–Crippen LogP) is 1.76. The van der Waals surface area contributed by atoms with Crippen molar-refractivity contribution in [3.8, 4) is 0 Å². The number of aromatic amines is 1. The van der Waals surface area contributed by atoms with Crippen LogP contribution in [0.3, 0.4) is 0 Å². The fraction of sp³-hybridized carbons (Fsp3) is 0. The first kappa shape index (κ1) is 7.81. The van der Waals surface area contributed by atoms with E-state index in [0.717, 1.165) is 27.7 Å². The molecular weight excluding hydrogens is 202 g/mol. The van der Waals surface area contributed by atoms with Crippen LogP contribution in [0.4, 0.5) is 0 Å². The summed E-state index contributed by atoms with van der Waals surface area (Å²) in [5.74, 6) is 0. The molecule has 4 aromatic heterocycles. The van der Waals surface area contributed by atoms with Gasteiger partial charge in [-0.1, -0.05) is 0 Å². The van der Waals surface area contributed by atoms with E-state index in [0.29, 0.717) is 0 Å². The Labute approximate surface area is 89.8 Å². The van der Waals surface area contributed by atoms with Crippen LogP contribution in [0.15, 0.2) is 37.1 Å². The second-order valence-corrected chi connectivity index (χ2v) is 3.66. The SMILES string of the molecule is c1cc2[nH]c3c(nc4ccncn43)c2cn1. The van der Waals surface area contributed by atoms with E-state index in [1.807, 2.05) is 22.7 Å². The molecule has 5 nitrogen and oxygen atoms in total. The van der Waals surface area contributed by atoms with Gasteiger partial charge in [-0.25, -0.2) is 9.97 Å². The molecule has 1 N–H and O–H groups in total. The fourth-order valence-corrected chi connectivity index (χ4v) is 2.03. The third kappa shape index (κ3) is 0.826. The fourth-order valence-electron chi connectivity index (χ4n) is 2.03. The Morgan fingerprint density at radius 2 is 2.06 bits per heavy atom. The van der Waals surface area contributed by atoms with Crippen LogP contribution < -0.4 is 0 Å². The maximum atomic E-state index is 4.56. The number of hydrogen-bond acceptors (Lipinski definition) is 3. The van der Waals surface area contributed by atoms with Gasteiger partial charge in [-0.15, -0.1) is 0 Å². The minimum Gasteiger partial charge on any atom is -0.339 e. The molecule has 0 unspecified atom stereocenters. The zero-order valence-corrected chi connectivity index (χ0v) is 8.25. The van der Waals surface area contributed by atoms with Gasteiger partial charge in [0.15, 0.2) is 0 Å². The molecule has 0 amide bonds. The third-order valence-corrected chi connectivity index (χ3v) is 2.76. The lowest BCUT2D eigenvalue weighted by atomic mass is 10.3. The highest BCUT2D eigenvalue weighted by molar-refractivity contribution is 6.04. The Morgan fingerprint density at radius 1 is 1.12 bits per heavy atom. The van der Waals surface area contributed by atoms with Gasteiger partial charge in [0, 0.05) is 24.0 Å². The molecule has 76 valence electrons. The van der Waals surface area contributed by atoms with Crippen LogP contribution in [0.1, 0.15) is 0 Å². The lowest BCUT2D eigenvalue weighted by Gasteiger charge is -1.90. The molecule has 0 aliphatic rings. The molecule has 0 aliphatic heterocycles. The predicted molar refractivity (Wildman–Crippen MR) is 60.1 cm³/mol. The zero-order valence-electron chi connectivity index (χ0n) is 8.25. The minimum atomic E-state index is 0.891. The van der Waals surface area contributed by atoms with Gasteiger partial charge < -0.3 is 4.98 Å². The van der Waals surface area contributed by atoms with E-state index in [4.69, 9.17) is 0 Å². The Balaban J connectivity index is 2.35. The maximum Gasteiger partial charge on any atom is 0.144 e. The average molecular weight is 209 g/mol. The summed E-state index contributed by atoms with van der Waals surface area (Å²) in [6, 6.07) is 3.83. The molecule has 0 aliphatic carbocycles. The van der Waals surface area contributed by atoms with E-state index in [-0.39, 0.29) is 0 Å². The summed E-state index contributed by atoms with van der Waals surface area (Å²) >= 11 is 0. The van der Waals surface area contributed by atoms with Gasteiger partial charge >= 0.3 is 0 Å². The first-order chi connectivity index (χ1) is 7.93. The molecule has 0 radical (unpaired) electrons. The lowest BCUT2D eigenvalue weighted by molar-refractivity contribution is 1.10. The average Bonchev–Trinajstić information content (AvgIpc) is 2.85. The summed E-state index contributed by atoms with van der Waals surface area (Å²) in [6.45, 7) is 0. The highest BCUT2D eigenvalue weighted by atomic mass is 15.1. The van der Waals surface area contributed by atoms with Crippen molar-refractivity contribution in [3.63, 3.8) is 0 Å². The monoisotopic (exact) mass is 209 g/mol. The van der Waals surface area contributed by atoms with E-state index in [1.54, 1.807) is 18.7 Å². The van der Waals surface area contributed by atoms with Crippen molar-refractivity contribution in [1.82, 2.24) is 24.3 Å². The molecule has 0 aromatic carbocycles. The number of pyridine rings is 1. The topological polar surface area (TPSA) is 58.9 Å². The highest BCUT2D eigenvalue weighted by Gasteiger charge is 2.10. The quantitative estimate of drug-likeness (QED) is 0.480. The number of nitrogens with one attached hydrogen (secondary N) is 1.